The van der Waals surface area contributed by atoms with Gasteiger partial charge in [-0.1, -0.05) is 51.1 Å². The zero-order valence-electron chi connectivity index (χ0n) is 17.2. The van der Waals surface area contributed by atoms with Gasteiger partial charge in [-0.3, -0.25) is 18.6 Å². The van der Waals surface area contributed by atoms with E-state index in [0.717, 1.165) is 10.1 Å². The third-order valence-corrected chi connectivity index (χ3v) is 4.86. The highest BCUT2D eigenvalue weighted by molar-refractivity contribution is 5.75. The number of fused-ring (bicyclic) bond motifs is 3. The van der Waals surface area contributed by atoms with Crippen LogP contribution in [0.3, 0.4) is 0 Å². The summed E-state index contributed by atoms with van der Waals surface area (Å²) in [6.45, 7) is 5.49. The molecule has 0 radical (unpaired) electrons. The second-order valence-corrected chi connectivity index (χ2v) is 8.16. The number of rotatable bonds is 4. The van der Waals surface area contributed by atoms with Crippen LogP contribution in [0.5, 0.6) is 0 Å². The molecule has 9 heteroatoms. The highest BCUT2D eigenvalue weighted by Crippen LogP contribution is 2.26. The van der Waals surface area contributed by atoms with E-state index in [2.05, 4.69) is 4.98 Å². The van der Waals surface area contributed by atoms with Gasteiger partial charge in [-0.2, -0.15) is 4.98 Å². The minimum atomic E-state index is -0.680. The number of aromatic nitrogens is 4. The van der Waals surface area contributed by atoms with Gasteiger partial charge in [0.2, 0.25) is 0 Å². The van der Waals surface area contributed by atoms with Gasteiger partial charge in [0, 0.05) is 12.5 Å². The van der Waals surface area contributed by atoms with Gasteiger partial charge < -0.3 is 9.15 Å². The Morgan fingerprint density at radius 2 is 1.87 bits per heavy atom. The first-order valence-corrected chi connectivity index (χ1v) is 9.48. The lowest BCUT2D eigenvalue weighted by Gasteiger charge is -2.13. The zero-order valence-corrected chi connectivity index (χ0v) is 17.2. The van der Waals surface area contributed by atoms with E-state index in [1.54, 1.807) is 6.20 Å². The largest absolute Gasteiger partial charge is 0.459 e. The molecule has 0 bridgehead atoms. The number of carbonyl (C=O) groups excluding carboxylic acids is 1. The molecule has 0 unspecified atom stereocenters. The lowest BCUT2D eigenvalue weighted by molar-refractivity contribution is -0.145. The van der Waals surface area contributed by atoms with Crippen molar-refractivity contribution in [1.82, 2.24) is 18.5 Å². The van der Waals surface area contributed by atoms with E-state index in [4.69, 9.17) is 9.15 Å². The highest BCUT2D eigenvalue weighted by atomic mass is 16.5. The predicted molar refractivity (Wildman–Crippen MR) is 109 cm³/mol. The molecule has 1 aromatic carbocycles. The normalized spacial score (nSPS) is 12.0. The molecule has 0 atom stereocenters. The van der Waals surface area contributed by atoms with Crippen molar-refractivity contribution < 1.29 is 13.9 Å². The van der Waals surface area contributed by atoms with Crippen LogP contribution in [0.15, 0.2) is 50.5 Å². The molecule has 4 aromatic rings. The van der Waals surface area contributed by atoms with Crippen LogP contribution in [0, 0.1) is 0 Å². The van der Waals surface area contributed by atoms with Crippen molar-refractivity contribution in [3.05, 3.63) is 68.7 Å². The second-order valence-electron chi connectivity index (χ2n) is 8.16. The number of carbonyl (C=O) groups is 1. The van der Waals surface area contributed by atoms with Crippen LogP contribution in [0.2, 0.25) is 0 Å². The Kier molecular flexibility index (Phi) is 4.60. The number of ether oxygens (including phenoxy) is 1. The van der Waals surface area contributed by atoms with Crippen molar-refractivity contribution >= 4 is 23.0 Å². The van der Waals surface area contributed by atoms with Gasteiger partial charge in [-0.05, 0) is 5.56 Å². The van der Waals surface area contributed by atoms with Crippen molar-refractivity contribution in [3.63, 3.8) is 0 Å². The van der Waals surface area contributed by atoms with E-state index in [-0.39, 0.29) is 29.0 Å². The summed E-state index contributed by atoms with van der Waals surface area (Å²) in [6, 6.07) is 9.16. The first kappa shape index (κ1) is 19.7. The number of hydrogen-bond donors (Lipinski definition) is 0. The maximum atomic E-state index is 13.1. The molecule has 9 nitrogen and oxygen atoms in total. The fourth-order valence-corrected chi connectivity index (χ4v) is 3.15. The number of aryl methyl sites for hydroxylation is 1. The first-order valence-electron chi connectivity index (χ1n) is 9.48. The Morgan fingerprint density at radius 1 is 1.17 bits per heavy atom. The molecule has 156 valence electrons. The van der Waals surface area contributed by atoms with Crippen molar-refractivity contribution in [2.24, 2.45) is 7.05 Å². The topological polar surface area (TPSA) is 101 Å². The fraction of sp³-hybridized carbons (Fsp3) is 0.333. The molecule has 0 spiro atoms. The summed E-state index contributed by atoms with van der Waals surface area (Å²) in [7, 11) is 1.49. The van der Waals surface area contributed by atoms with Crippen LogP contribution in [-0.2, 0) is 35.1 Å². The average Bonchev–Trinajstić information content (AvgIpc) is 3.27. The Balaban J connectivity index is 1.73. The van der Waals surface area contributed by atoms with E-state index >= 15 is 0 Å². The van der Waals surface area contributed by atoms with Gasteiger partial charge in [0.25, 0.3) is 5.56 Å². The molecule has 3 heterocycles. The average molecular weight is 410 g/mol. The summed E-state index contributed by atoms with van der Waals surface area (Å²) >= 11 is 0. The number of oxazole rings is 1. The van der Waals surface area contributed by atoms with Crippen molar-refractivity contribution in [2.45, 2.75) is 39.3 Å². The van der Waals surface area contributed by atoms with Crippen molar-refractivity contribution in [3.8, 4) is 0 Å². The second kappa shape index (κ2) is 7.01. The molecule has 4 rings (SSSR count). The van der Waals surface area contributed by atoms with Crippen LogP contribution in [0.25, 0.3) is 17.0 Å². The van der Waals surface area contributed by atoms with Crippen LogP contribution in [0.4, 0.5) is 0 Å². The number of nitrogens with zero attached hydrogens (tertiary/aromatic N) is 4. The molecular weight excluding hydrogens is 388 g/mol. The van der Waals surface area contributed by atoms with Crippen LogP contribution in [-0.4, -0.2) is 24.5 Å². The molecular formula is C21H22N4O5. The summed E-state index contributed by atoms with van der Waals surface area (Å²) in [5.41, 5.74) is -0.388. The van der Waals surface area contributed by atoms with E-state index < -0.39 is 23.8 Å². The first-order chi connectivity index (χ1) is 14.2. The van der Waals surface area contributed by atoms with Crippen LogP contribution in [0.1, 0.15) is 32.1 Å². The van der Waals surface area contributed by atoms with E-state index in [0.29, 0.717) is 5.76 Å². The van der Waals surface area contributed by atoms with Crippen LogP contribution < -0.4 is 11.2 Å². The minimum Gasteiger partial charge on any atom is -0.459 e. The molecule has 0 aliphatic heterocycles. The number of imidazole rings is 1. The third-order valence-electron chi connectivity index (χ3n) is 4.86. The lowest BCUT2D eigenvalue weighted by atomic mass is 9.94. The lowest BCUT2D eigenvalue weighted by Crippen LogP contribution is -2.41. The zero-order chi connectivity index (χ0) is 21.6. The molecule has 0 aliphatic carbocycles. The molecule has 3 aromatic heterocycles. The van der Waals surface area contributed by atoms with Gasteiger partial charge in [-0.25, -0.2) is 9.36 Å². The highest BCUT2D eigenvalue weighted by Gasteiger charge is 2.24. The molecule has 0 aliphatic rings. The monoisotopic (exact) mass is 410 g/mol. The SMILES string of the molecule is Cn1c(=O)n(CC(=O)OCc2ccccc2)c(=O)c2c1nc1oc(C(C)(C)C)cn12. The van der Waals surface area contributed by atoms with E-state index in [9.17, 15) is 14.4 Å². The summed E-state index contributed by atoms with van der Waals surface area (Å²) in [5.74, 6) is 0.182. The Bertz CT molecular complexity index is 1370. The maximum Gasteiger partial charge on any atom is 0.333 e. The minimum absolute atomic E-state index is 0.0601. The summed E-state index contributed by atoms with van der Waals surface area (Å²) in [6.07, 6.45) is 1.69. The third kappa shape index (κ3) is 3.32. The fourth-order valence-electron chi connectivity index (χ4n) is 3.15. The van der Waals surface area contributed by atoms with E-state index in [1.165, 1.54) is 16.0 Å². The van der Waals surface area contributed by atoms with Gasteiger partial charge in [0.05, 0.1) is 6.20 Å². The van der Waals surface area contributed by atoms with E-state index in [1.807, 2.05) is 51.1 Å². The van der Waals surface area contributed by atoms with Crippen molar-refractivity contribution in [2.75, 3.05) is 0 Å². The van der Waals surface area contributed by atoms with Gasteiger partial charge >= 0.3 is 17.5 Å². The summed E-state index contributed by atoms with van der Waals surface area (Å²) in [5, 5.41) is 0. The number of esters is 1. The molecule has 30 heavy (non-hydrogen) atoms. The number of hydrogen-bond acceptors (Lipinski definition) is 6. The Labute approximate surface area is 171 Å². The Morgan fingerprint density at radius 3 is 2.53 bits per heavy atom. The van der Waals surface area contributed by atoms with Gasteiger partial charge in [-0.15, -0.1) is 0 Å². The summed E-state index contributed by atoms with van der Waals surface area (Å²) < 4.78 is 14.6. The van der Waals surface area contributed by atoms with Gasteiger partial charge in [0.1, 0.15) is 18.9 Å². The van der Waals surface area contributed by atoms with Gasteiger partial charge in [0.15, 0.2) is 11.2 Å². The molecule has 0 fully saturated rings. The van der Waals surface area contributed by atoms with Crippen molar-refractivity contribution in [1.29, 1.82) is 0 Å². The summed E-state index contributed by atoms with van der Waals surface area (Å²) in [4.78, 5) is 42.4. The molecule has 0 saturated carbocycles. The predicted octanol–water partition coefficient (Wildman–Crippen LogP) is 1.98. The molecule has 0 N–H and O–H groups in total. The molecule has 0 amide bonds. The quantitative estimate of drug-likeness (QED) is 0.477. The van der Waals surface area contributed by atoms with Crippen LogP contribution >= 0.6 is 0 Å². The standard InChI is InChI=1S/C21H22N4O5/c1-21(2,3)14-10-24-16-17(22-19(24)30-14)23(4)20(28)25(18(16)27)11-15(26)29-12-13-8-6-5-7-9-13/h5-10H,11-12H2,1-4H3. The smallest absolute Gasteiger partial charge is 0.333 e. The number of benzene rings is 1. The molecule has 0 saturated heterocycles. The maximum absolute atomic E-state index is 13.1. The Hall–Kier alpha value is -3.62.